The fourth-order valence-electron chi connectivity index (χ4n) is 1.47. The largest absolute Gasteiger partial charge is 0.398 e. The fourth-order valence-corrected chi connectivity index (χ4v) is 1.47. The van der Waals surface area contributed by atoms with E-state index in [4.69, 9.17) is 11.1 Å². The molecule has 0 fully saturated rings. The number of halogens is 1. The molecule has 0 saturated heterocycles. The second-order valence-corrected chi connectivity index (χ2v) is 2.96. The third kappa shape index (κ3) is 1.23. The van der Waals surface area contributed by atoms with Gasteiger partial charge in [-0.25, -0.2) is 0 Å². The van der Waals surface area contributed by atoms with Crippen LogP contribution >= 0.6 is 12.4 Å². The van der Waals surface area contributed by atoms with E-state index in [0.717, 1.165) is 22.4 Å². The summed E-state index contributed by atoms with van der Waals surface area (Å²) >= 11 is 0. The fraction of sp³-hybridized carbons (Fsp3) is 0.100. The standard InChI is InChI=1S/C10H10N2.ClH/c1-6-9(11)7-4-2-3-5-8(7)10(6)12;/h2-5,11H,12H2,1H3;1H. The van der Waals surface area contributed by atoms with Crippen LogP contribution in [0, 0.1) is 5.41 Å². The van der Waals surface area contributed by atoms with Gasteiger partial charge in [-0.3, -0.25) is 5.41 Å². The van der Waals surface area contributed by atoms with Crippen LogP contribution in [-0.2, 0) is 0 Å². The lowest BCUT2D eigenvalue weighted by atomic mass is 10.1. The van der Waals surface area contributed by atoms with E-state index < -0.39 is 0 Å². The number of nitrogens with two attached hydrogens (primary N) is 1. The number of rotatable bonds is 0. The number of allylic oxidation sites excluding steroid dienone is 1. The summed E-state index contributed by atoms with van der Waals surface area (Å²) in [6.07, 6.45) is 0. The van der Waals surface area contributed by atoms with Gasteiger partial charge in [-0.15, -0.1) is 12.4 Å². The number of fused-ring (bicyclic) bond motifs is 1. The number of nitrogens with one attached hydrogen (secondary N) is 1. The van der Waals surface area contributed by atoms with Gasteiger partial charge in [-0.1, -0.05) is 24.3 Å². The Balaban J connectivity index is 0.000000845. The lowest BCUT2D eigenvalue weighted by molar-refractivity contribution is 1.46. The van der Waals surface area contributed by atoms with Crippen LogP contribution in [0.1, 0.15) is 18.1 Å². The molecular weight excluding hydrogens is 184 g/mol. The van der Waals surface area contributed by atoms with Gasteiger partial charge in [-0.2, -0.15) is 0 Å². The SMILES string of the molecule is CC1=C(N)c2ccccc2C1=N.Cl. The van der Waals surface area contributed by atoms with Crippen LogP contribution in [-0.4, -0.2) is 5.71 Å². The molecule has 3 N–H and O–H groups in total. The average Bonchev–Trinajstić information content (AvgIpc) is 2.33. The van der Waals surface area contributed by atoms with Gasteiger partial charge in [0.1, 0.15) is 0 Å². The van der Waals surface area contributed by atoms with Crippen LogP contribution in [0.25, 0.3) is 5.70 Å². The quantitative estimate of drug-likeness (QED) is 0.654. The van der Waals surface area contributed by atoms with Gasteiger partial charge in [-0.05, 0) is 12.5 Å². The van der Waals surface area contributed by atoms with Crippen molar-refractivity contribution in [2.24, 2.45) is 5.73 Å². The third-order valence-corrected chi connectivity index (χ3v) is 2.27. The molecule has 0 atom stereocenters. The first-order chi connectivity index (χ1) is 5.72. The van der Waals surface area contributed by atoms with E-state index in [2.05, 4.69) is 0 Å². The van der Waals surface area contributed by atoms with Crippen molar-refractivity contribution in [2.75, 3.05) is 0 Å². The first-order valence-corrected chi connectivity index (χ1v) is 3.87. The monoisotopic (exact) mass is 194 g/mol. The number of hydrogen-bond donors (Lipinski definition) is 2. The molecule has 1 aliphatic rings. The second kappa shape index (κ2) is 3.23. The Morgan fingerprint density at radius 3 is 2.23 bits per heavy atom. The minimum atomic E-state index is 0. The molecule has 0 aliphatic heterocycles. The smallest absolute Gasteiger partial charge is 0.0668 e. The summed E-state index contributed by atoms with van der Waals surface area (Å²) in [6.45, 7) is 1.89. The van der Waals surface area contributed by atoms with Gasteiger partial charge < -0.3 is 5.73 Å². The molecule has 2 nitrogen and oxygen atoms in total. The second-order valence-electron chi connectivity index (χ2n) is 2.96. The Kier molecular flexibility index (Phi) is 2.43. The highest BCUT2D eigenvalue weighted by molar-refractivity contribution is 6.21. The highest BCUT2D eigenvalue weighted by atomic mass is 35.5. The van der Waals surface area contributed by atoms with Crippen LogP contribution in [0.15, 0.2) is 29.8 Å². The molecule has 0 spiro atoms. The first-order valence-electron chi connectivity index (χ1n) is 3.87. The van der Waals surface area contributed by atoms with E-state index in [1.807, 2.05) is 31.2 Å². The maximum atomic E-state index is 7.73. The van der Waals surface area contributed by atoms with Crippen molar-refractivity contribution in [3.63, 3.8) is 0 Å². The van der Waals surface area contributed by atoms with Gasteiger partial charge in [0.2, 0.25) is 0 Å². The molecule has 68 valence electrons. The lowest BCUT2D eigenvalue weighted by Crippen LogP contribution is -1.95. The van der Waals surface area contributed by atoms with E-state index in [-0.39, 0.29) is 12.4 Å². The lowest BCUT2D eigenvalue weighted by Gasteiger charge is -1.97. The Labute approximate surface area is 83.4 Å². The zero-order valence-corrected chi connectivity index (χ0v) is 8.11. The van der Waals surface area contributed by atoms with E-state index in [1.165, 1.54) is 0 Å². The van der Waals surface area contributed by atoms with Crippen molar-refractivity contribution >= 4 is 23.8 Å². The predicted molar refractivity (Wildman–Crippen MR) is 57.3 cm³/mol. The van der Waals surface area contributed by atoms with Gasteiger partial charge in [0, 0.05) is 16.8 Å². The molecule has 0 saturated carbocycles. The summed E-state index contributed by atoms with van der Waals surface area (Å²) < 4.78 is 0. The van der Waals surface area contributed by atoms with Crippen molar-refractivity contribution in [3.05, 3.63) is 41.0 Å². The highest BCUT2D eigenvalue weighted by Gasteiger charge is 2.20. The summed E-state index contributed by atoms with van der Waals surface area (Å²) in [5.74, 6) is 0. The summed E-state index contributed by atoms with van der Waals surface area (Å²) in [4.78, 5) is 0. The molecule has 0 bridgehead atoms. The third-order valence-electron chi connectivity index (χ3n) is 2.27. The van der Waals surface area contributed by atoms with Crippen molar-refractivity contribution in [3.8, 4) is 0 Å². The molecule has 3 heteroatoms. The molecule has 2 rings (SSSR count). The van der Waals surface area contributed by atoms with Gasteiger partial charge in [0.05, 0.1) is 5.71 Å². The highest BCUT2D eigenvalue weighted by Crippen LogP contribution is 2.28. The molecule has 1 aliphatic carbocycles. The Hall–Kier alpha value is -1.28. The summed E-state index contributed by atoms with van der Waals surface area (Å²) in [5.41, 5.74) is 9.96. The van der Waals surface area contributed by atoms with Gasteiger partial charge >= 0.3 is 0 Å². The Morgan fingerprint density at radius 1 is 1.15 bits per heavy atom. The van der Waals surface area contributed by atoms with Crippen molar-refractivity contribution in [1.29, 1.82) is 5.41 Å². The first kappa shape index (κ1) is 9.81. The molecule has 1 aromatic rings. The van der Waals surface area contributed by atoms with Crippen LogP contribution in [0.3, 0.4) is 0 Å². The molecule has 0 heterocycles. The van der Waals surface area contributed by atoms with E-state index in [9.17, 15) is 0 Å². The minimum Gasteiger partial charge on any atom is -0.398 e. The van der Waals surface area contributed by atoms with E-state index in [1.54, 1.807) is 0 Å². The van der Waals surface area contributed by atoms with E-state index in [0.29, 0.717) is 5.71 Å². The topological polar surface area (TPSA) is 49.9 Å². The zero-order chi connectivity index (χ0) is 8.72. The van der Waals surface area contributed by atoms with Crippen molar-refractivity contribution in [2.45, 2.75) is 6.92 Å². The molecule has 0 aromatic heterocycles. The molecule has 1 aromatic carbocycles. The number of benzene rings is 1. The predicted octanol–water partition coefficient (Wildman–Crippen LogP) is 2.18. The van der Waals surface area contributed by atoms with Crippen LogP contribution in [0.2, 0.25) is 0 Å². The normalized spacial score (nSPS) is 14.1. The average molecular weight is 195 g/mol. The summed E-state index contributed by atoms with van der Waals surface area (Å²) in [7, 11) is 0. The van der Waals surface area contributed by atoms with Gasteiger partial charge in [0.25, 0.3) is 0 Å². The molecule has 0 amide bonds. The zero-order valence-electron chi connectivity index (χ0n) is 7.29. The molecule has 0 radical (unpaired) electrons. The van der Waals surface area contributed by atoms with Gasteiger partial charge in [0.15, 0.2) is 0 Å². The Morgan fingerprint density at radius 2 is 1.69 bits per heavy atom. The maximum Gasteiger partial charge on any atom is 0.0668 e. The van der Waals surface area contributed by atoms with Crippen LogP contribution in [0.5, 0.6) is 0 Å². The summed E-state index contributed by atoms with van der Waals surface area (Å²) in [6, 6.07) is 7.76. The van der Waals surface area contributed by atoms with Crippen molar-refractivity contribution < 1.29 is 0 Å². The maximum absolute atomic E-state index is 7.73. The molecular formula is C10H11ClN2. The number of hydrogen-bond acceptors (Lipinski definition) is 2. The van der Waals surface area contributed by atoms with Crippen LogP contribution < -0.4 is 5.73 Å². The van der Waals surface area contributed by atoms with Crippen molar-refractivity contribution in [1.82, 2.24) is 0 Å². The van der Waals surface area contributed by atoms with Crippen LogP contribution in [0.4, 0.5) is 0 Å². The minimum absolute atomic E-state index is 0. The molecule has 13 heavy (non-hydrogen) atoms. The Bertz CT molecular complexity index is 394. The summed E-state index contributed by atoms with van der Waals surface area (Å²) in [5, 5.41) is 7.73. The van der Waals surface area contributed by atoms with E-state index >= 15 is 0 Å². The molecule has 0 unspecified atom stereocenters.